The first-order chi connectivity index (χ1) is 11.1. The van der Waals surface area contributed by atoms with E-state index in [4.69, 9.17) is 15.0 Å². The Morgan fingerprint density at radius 3 is 1.88 bits per heavy atom. The van der Waals surface area contributed by atoms with Gasteiger partial charge < -0.3 is 15.0 Å². The number of nitrogens with two attached hydrogens (primary N) is 1. The molecule has 0 spiro atoms. The van der Waals surface area contributed by atoms with E-state index in [0.717, 1.165) is 22.3 Å². The van der Waals surface area contributed by atoms with Gasteiger partial charge in [0, 0.05) is 5.69 Å². The Bertz CT molecular complexity index is 767. The standard InChI is InChI=1S/C20H26BNO2/c1-13-15(16-10-8-12-18(22)14(16)2)9-7-11-17(13)21-23-19(3,4)20(5,6)24-21/h7-12H,22H2,1-6H3. The van der Waals surface area contributed by atoms with Crippen molar-refractivity contribution in [3.05, 3.63) is 47.5 Å². The van der Waals surface area contributed by atoms with Crippen molar-refractivity contribution >= 4 is 18.3 Å². The Hall–Kier alpha value is -1.78. The minimum atomic E-state index is -0.351. The van der Waals surface area contributed by atoms with Crippen molar-refractivity contribution in [2.24, 2.45) is 0 Å². The summed E-state index contributed by atoms with van der Waals surface area (Å²) in [5.41, 5.74) is 11.9. The minimum absolute atomic E-state index is 0.340. The molecule has 2 aromatic rings. The van der Waals surface area contributed by atoms with Crippen LogP contribution in [0.4, 0.5) is 5.69 Å². The molecule has 0 atom stereocenters. The summed E-state index contributed by atoms with van der Waals surface area (Å²) in [4.78, 5) is 0. The molecule has 126 valence electrons. The third kappa shape index (κ3) is 2.64. The zero-order chi connectivity index (χ0) is 17.7. The average Bonchev–Trinajstić information content (AvgIpc) is 2.71. The van der Waals surface area contributed by atoms with Crippen LogP contribution in [0.15, 0.2) is 36.4 Å². The smallest absolute Gasteiger partial charge is 0.399 e. The van der Waals surface area contributed by atoms with Gasteiger partial charge in [0.2, 0.25) is 0 Å². The summed E-state index contributed by atoms with van der Waals surface area (Å²) < 4.78 is 12.5. The van der Waals surface area contributed by atoms with Crippen LogP contribution >= 0.6 is 0 Å². The number of hydrogen-bond donors (Lipinski definition) is 1. The molecule has 0 aromatic heterocycles. The van der Waals surface area contributed by atoms with Gasteiger partial charge in [0.15, 0.2) is 0 Å². The molecule has 0 radical (unpaired) electrons. The lowest BCUT2D eigenvalue weighted by Crippen LogP contribution is -2.41. The van der Waals surface area contributed by atoms with Gasteiger partial charge in [-0.15, -0.1) is 0 Å². The summed E-state index contributed by atoms with van der Waals surface area (Å²) >= 11 is 0. The van der Waals surface area contributed by atoms with Crippen molar-refractivity contribution in [2.75, 3.05) is 5.73 Å². The van der Waals surface area contributed by atoms with E-state index in [1.807, 2.05) is 12.1 Å². The Balaban J connectivity index is 2.06. The maximum absolute atomic E-state index is 6.23. The number of benzene rings is 2. The number of hydrogen-bond acceptors (Lipinski definition) is 3. The molecule has 24 heavy (non-hydrogen) atoms. The van der Waals surface area contributed by atoms with Crippen molar-refractivity contribution < 1.29 is 9.31 Å². The normalized spacial score (nSPS) is 18.8. The van der Waals surface area contributed by atoms with Crippen LogP contribution in [-0.4, -0.2) is 18.3 Å². The van der Waals surface area contributed by atoms with Crippen LogP contribution in [0.3, 0.4) is 0 Å². The van der Waals surface area contributed by atoms with Gasteiger partial charge in [0.1, 0.15) is 0 Å². The van der Waals surface area contributed by atoms with Gasteiger partial charge in [-0.1, -0.05) is 30.3 Å². The average molecular weight is 323 g/mol. The minimum Gasteiger partial charge on any atom is -0.399 e. The highest BCUT2D eigenvalue weighted by molar-refractivity contribution is 6.62. The van der Waals surface area contributed by atoms with Crippen LogP contribution < -0.4 is 11.2 Å². The fraction of sp³-hybridized carbons (Fsp3) is 0.400. The van der Waals surface area contributed by atoms with E-state index in [2.05, 4.69) is 65.8 Å². The lowest BCUT2D eigenvalue weighted by atomic mass is 9.74. The molecule has 3 rings (SSSR count). The van der Waals surface area contributed by atoms with Crippen LogP contribution in [-0.2, 0) is 9.31 Å². The largest absolute Gasteiger partial charge is 0.495 e. The van der Waals surface area contributed by atoms with Crippen LogP contribution in [0.25, 0.3) is 11.1 Å². The highest BCUT2D eigenvalue weighted by Gasteiger charge is 2.52. The van der Waals surface area contributed by atoms with E-state index in [1.165, 1.54) is 11.1 Å². The SMILES string of the molecule is Cc1c(N)cccc1-c1cccc(B2OC(C)(C)C(C)(C)O2)c1C. The van der Waals surface area contributed by atoms with E-state index in [0.29, 0.717) is 0 Å². The molecule has 1 heterocycles. The van der Waals surface area contributed by atoms with E-state index < -0.39 is 0 Å². The summed E-state index contributed by atoms with van der Waals surface area (Å²) in [6.45, 7) is 12.5. The third-order valence-electron chi connectivity index (χ3n) is 5.55. The second kappa shape index (κ2) is 5.64. The first-order valence-electron chi connectivity index (χ1n) is 8.45. The van der Waals surface area contributed by atoms with E-state index in [1.54, 1.807) is 0 Å². The third-order valence-corrected chi connectivity index (χ3v) is 5.55. The van der Waals surface area contributed by atoms with Crippen LogP contribution in [0.1, 0.15) is 38.8 Å². The zero-order valence-corrected chi connectivity index (χ0v) is 15.4. The Kier molecular flexibility index (Phi) is 4.01. The summed E-state index contributed by atoms with van der Waals surface area (Å²) in [6.07, 6.45) is 0. The van der Waals surface area contributed by atoms with E-state index >= 15 is 0 Å². The van der Waals surface area contributed by atoms with E-state index in [-0.39, 0.29) is 18.3 Å². The Morgan fingerprint density at radius 2 is 1.29 bits per heavy atom. The maximum Gasteiger partial charge on any atom is 0.495 e. The fourth-order valence-corrected chi connectivity index (χ4v) is 3.12. The molecule has 3 nitrogen and oxygen atoms in total. The van der Waals surface area contributed by atoms with Crippen molar-refractivity contribution in [2.45, 2.75) is 52.7 Å². The molecule has 1 saturated heterocycles. The lowest BCUT2D eigenvalue weighted by Gasteiger charge is -2.32. The van der Waals surface area contributed by atoms with Gasteiger partial charge in [-0.2, -0.15) is 0 Å². The second-order valence-corrected chi connectivity index (χ2v) is 7.63. The monoisotopic (exact) mass is 323 g/mol. The lowest BCUT2D eigenvalue weighted by molar-refractivity contribution is 0.00578. The van der Waals surface area contributed by atoms with Crippen LogP contribution in [0.2, 0.25) is 0 Å². The summed E-state index contributed by atoms with van der Waals surface area (Å²) in [5, 5.41) is 0. The molecule has 4 heteroatoms. The number of rotatable bonds is 2. The van der Waals surface area contributed by atoms with Gasteiger partial charge in [-0.05, 0) is 75.3 Å². The second-order valence-electron chi connectivity index (χ2n) is 7.63. The maximum atomic E-state index is 6.23. The van der Waals surface area contributed by atoms with Gasteiger partial charge in [0.25, 0.3) is 0 Å². The predicted octanol–water partition coefficient (Wildman–Crippen LogP) is 3.85. The topological polar surface area (TPSA) is 44.5 Å². The highest BCUT2D eigenvalue weighted by Crippen LogP contribution is 2.37. The van der Waals surface area contributed by atoms with Crippen LogP contribution in [0.5, 0.6) is 0 Å². The summed E-state index contributed by atoms with van der Waals surface area (Å²) in [5.74, 6) is 0. The fourth-order valence-electron chi connectivity index (χ4n) is 3.12. The summed E-state index contributed by atoms with van der Waals surface area (Å²) in [7, 11) is -0.351. The Morgan fingerprint density at radius 1 is 0.792 bits per heavy atom. The number of anilines is 1. The van der Waals surface area contributed by atoms with Gasteiger partial charge in [0.05, 0.1) is 11.2 Å². The Labute approximate surface area is 145 Å². The summed E-state index contributed by atoms with van der Waals surface area (Å²) in [6, 6.07) is 12.3. The molecule has 0 saturated carbocycles. The first kappa shape index (κ1) is 17.1. The van der Waals surface area contributed by atoms with Gasteiger partial charge >= 0.3 is 7.12 Å². The van der Waals surface area contributed by atoms with Gasteiger partial charge in [-0.3, -0.25) is 0 Å². The van der Waals surface area contributed by atoms with Crippen LogP contribution in [0, 0.1) is 13.8 Å². The molecular formula is C20H26BNO2. The van der Waals surface area contributed by atoms with Gasteiger partial charge in [-0.25, -0.2) is 0 Å². The molecule has 1 aliphatic heterocycles. The van der Waals surface area contributed by atoms with Crippen molar-refractivity contribution in [1.29, 1.82) is 0 Å². The van der Waals surface area contributed by atoms with Crippen molar-refractivity contribution in [3.8, 4) is 11.1 Å². The quantitative estimate of drug-likeness (QED) is 0.674. The highest BCUT2D eigenvalue weighted by atomic mass is 16.7. The van der Waals surface area contributed by atoms with E-state index in [9.17, 15) is 0 Å². The first-order valence-corrected chi connectivity index (χ1v) is 8.45. The molecule has 1 fully saturated rings. The number of nitrogen functional groups attached to an aromatic ring is 1. The molecule has 1 aliphatic rings. The van der Waals surface area contributed by atoms with Crippen molar-refractivity contribution in [1.82, 2.24) is 0 Å². The molecular weight excluding hydrogens is 297 g/mol. The molecule has 0 aliphatic carbocycles. The predicted molar refractivity (Wildman–Crippen MR) is 101 cm³/mol. The van der Waals surface area contributed by atoms with Crippen molar-refractivity contribution in [3.63, 3.8) is 0 Å². The zero-order valence-electron chi connectivity index (χ0n) is 15.4. The molecule has 2 N–H and O–H groups in total. The molecule has 0 amide bonds. The molecule has 2 aromatic carbocycles. The molecule has 0 bridgehead atoms. The molecule has 0 unspecified atom stereocenters.